The first-order chi connectivity index (χ1) is 11.0. The third-order valence-electron chi connectivity index (χ3n) is 4.97. The SMILES string of the molecule is COc1ccc(CO[C@@H]2[C@H](C)[C@@H]3OC(=O)[C@@H](C)[C@@H](O3)[C@@H]2C)cc1. The van der Waals surface area contributed by atoms with Gasteiger partial charge in [-0.25, -0.2) is 0 Å². The zero-order valence-corrected chi connectivity index (χ0v) is 14.0. The zero-order valence-electron chi connectivity index (χ0n) is 14.0. The van der Waals surface area contributed by atoms with E-state index in [1.54, 1.807) is 7.11 Å². The summed E-state index contributed by atoms with van der Waals surface area (Å²) >= 11 is 0. The molecule has 0 saturated carbocycles. The van der Waals surface area contributed by atoms with E-state index in [-0.39, 0.29) is 35.9 Å². The van der Waals surface area contributed by atoms with E-state index < -0.39 is 6.29 Å². The molecule has 1 aromatic carbocycles. The molecule has 5 heteroatoms. The van der Waals surface area contributed by atoms with Gasteiger partial charge in [-0.2, -0.15) is 0 Å². The molecule has 5 nitrogen and oxygen atoms in total. The Balaban J connectivity index is 1.68. The lowest BCUT2D eigenvalue weighted by Crippen LogP contribution is -2.58. The predicted octanol–water partition coefficient (Wildman–Crippen LogP) is 2.77. The number of fused-ring (bicyclic) bond motifs is 2. The molecule has 6 atom stereocenters. The Morgan fingerprint density at radius 1 is 1.09 bits per heavy atom. The fourth-order valence-electron chi connectivity index (χ4n) is 3.51. The molecule has 2 aliphatic heterocycles. The van der Waals surface area contributed by atoms with Crippen LogP contribution in [-0.4, -0.2) is 31.6 Å². The Kier molecular flexibility index (Phi) is 4.60. The van der Waals surface area contributed by atoms with Gasteiger partial charge in [0.15, 0.2) is 0 Å². The van der Waals surface area contributed by atoms with Crippen molar-refractivity contribution >= 4 is 5.97 Å². The molecule has 1 aromatic rings. The maximum absolute atomic E-state index is 11.9. The van der Waals surface area contributed by atoms with Crippen LogP contribution in [-0.2, 0) is 25.6 Å². The summed E-state index contributed by atoms with van der Waals surface area (Å²) in [6, 6.07) is 7.84. The van der Waals surface area contributed by atoms with E-state index >= 15 is 0 Å². The summed E-state index contributed by atoms with van der Waals surface area (Å²) in [5, 5.41) is 0. The summed E-state index contributed by atoms with van der Waals surface area (Å²) in [6.07, 6.45) is -0.643. The van der Waals surface area contributed by atoms with Crippen molar-refractivity contribution in [1.82, 2.24) is 0 Å². The number of methoxy groups -OCH3 is 1. The largest absolute Gasteiger partial charge is 0.497 e. The van der Waals surface area contributed by atoms with Crippen molar-refractivity contribution in [2.45, 2.75) is 45.9 Å². The van der Waals surface area contributed by atoms with Crippen molar-refractivity contribution < 1.29 is 23.7 Å². The molecular weight excluding hydrogens is 296 g/mol. The second kappa shape index (κ2) is 6.49. The summed E-state index contributed by atoms with van der Waals surface area (Å²) in [7, 11) is 1.65. The fraction of sp³-hybridized carbons (Fsp3) is 0.611. The minimum absolute atomic E-state index is 0.00333. The number of hydrogen-bond acceptors (Lipinski definition) is 5. The van der Waals surface area contributed by atoms with Gasteiger partial charge >= 0.3 is 5.97 Å². The molecule has 2 heterocycles. The minimum Gasteiger partial charge on any atom is -0.497 e. The minimum atomic E-state index is -0.499. The van der Waals surface area contributed by atoms with Gasteiger partial charge in [0.05, 0.1) is 31.8 Å². The highest BCUT2D eigenvalue weighted by atomic mass is 16.7. The highest BCUT2D eigenvalue weighted by Gasteiger charge is 2.51. The highest BCUT2D eigenvalue weighted by molar-refractivity contribution is 5.73. The van der Waals surface area contributed by atoms with Crippen LogP contribution in [0.15, 0.2) is 24.3 Å². The second-order valence-electron chi connectivity index (χ2n) is 6.54. The topological polar surface area (TPSA) is 54.0 Å². The predicted molar refractivity (Wildman–Crippen MR) is 83.8 cm³/mol. The van der Waals surface area contributed by atoms with E-state index in [1.165, 1.54) is 0 Å². The lowest BCUT2D eigenvalue weighted by atomic mass is 9.79. The lowest BCUT2D eigenvalue weighted by molar-refractivity contribution is -0.297. The van der Waals surface area contributed by atoms with Gasteiger partial charge < -0.3 is 18.9 Å². The maximum atomic E-state index is 11.9. The van der Waals surface area contributed by atoms with Crippen LogP contribution in [0.3, 0.4) is 0 Å². The third kappa shape index (κ3) is 3.08. The van der Waals surface area contributed by atoms with Gasteiger partial charge in [0.1, 0.15) is 5.75 Å². The van der Waals surface area contributed by atoms with Crippen LogP contribution in [0, 0.1) is 17.8 Å². The number of carbonyl (C=O) groups is 1. The van der Waals surface area contributed by atoms with Crippen LogP contribution >= 0.6 is 0 Å². The summed E-state index contributed by atoms with van der Waals surface area (Å²) in [5.74, 6) is 0.564. The van der Waals surface area contributed by atoms with E-state index in [4.69, 9.17) is 18.9 Å². The Morgan fingerprint density at radius 3 is 2.43 bits per heavy atom. The van der Waals surface area contributed by atoms with Gasteiger partial charge in [0.2, 0.25) is 6.29 Å². The van der Waals surface area contributed by atoms with E-state index in [0.717, 1.165) is 11.3 Å². The maximum Gasteiger partial charge on any atom is 0.313 e. The quantitative estimate of drug-likeness (QED) is 0.799. The number of esters is 1. The molecule has 2 aliphatic rings. The normalized spacial score (nSPS) is 36.4. The van der Waals surface area contributed by atoms with Crippen molar-refractivity contribution in [3.05, 3.63) is 29.8 Å². The molecule has 0 radical (unpaired) electrons. The van der Waals surface area contributed by atoms with Gasteiger partial charge in [-0.3, -0.25) is 4.79 Å². The average Bonchev–Trinajstić information content (AvgIpc) is 2.56. The molecule has 2 fully saturated rings. The van der Waals surface area contributed by atoms with E-state index in [9.17, 15) is 4.79 Å². The number of carbonyl (C=O) groups excluding carboxylic acids is 1. The van der Waals surface area contributed by atoms with E-state index in [2.05, 4.69) is 6.92 Å². The summed E-state index contributed by atoms with van der Waals surface area (Å²) in [5.41, 5.74) is 1.09. The smallest absolute Gasteiger partial charge is 0.313 e. The molecule has 126 valence electrons. The van der Waals surface area contributed by atoms with Crippen LogP contribution in [0.5, 0.6) is 5.75 Å². The molecule has 23 heavy (non-hydrogen) atoms. The number of rotatable bonds is 4. The molecule has 3 rings (SSSR count). The van der Waals surface area contributed by atoms with Crippen molar-refractivity contribution in [3.63, 3.8) is 0 Å². The first-order valence-electron chi connectivity index (χ1n) is 8.11. The van der Waals surface area contributed by atoms with Crippen molar-refractivity contribution in [3.8, 4) is 5.75 Å². The van der Waals surface area contributed by atoms with Gasteiger partial charge in [-0.05, 0) is 24.6 Å². The molecule has 0 aliphatic carbocycles. The van der Waals surface area contributed by atoms with Crippen molar-refractivity contribution in [2.75, 3.05) is 7.11 Å². The first-order valence-corrected chi connectivity index (χ1v) is 8.11. The lowest BCUT2D eigenvalue weighted by Gasteiger charge is -2.48. The Bertz CT molecular complexity index is 555. The molecular formula is C18H24O5. The molecule has 2 saturated heterocycles. The number of benzene rings is 1. The highest BCUT2D eigenvalue weighted by Crippen LogP contribution is 2.40. The summed E-state index contributed by atoms with van der Waals surface area (Å²) in [4.78, 5) is 11.9. The van der Waals surface area contributed by atoms with Crippen LogP contribution < -0.4 is 4.74 Å². The molecule has 0 N–H and O–H groups in total. The molecule has 0 unspecified atom stereocenters. The van der Waals surface area contributed by atoms with E-state index in [0.29, 0.717) is 6.61 Å². The number of hydrogen-bond donors (Lipinski definition) is 0. The third-order valence-corrected chi connectivity index (χ3v) is 4.97. The van der Waals surface area contributed by atoms with Gasteiger partial charge in [-0.1, -0.05) is 26.0 Å². The van der Waals surface area contributed by atoms with Crippen LogP contribution in [0.4, 0.5) is 0 Å². The van der Waals surface area contributed by atoms with Crippen LogP contribution in [0.1, 0.15) is 26.3 Å². The second-order valence-corrected chi connectivity index (χ2v) is 6.54. The Morgan fingerprint density at radius 2 is 1.78 bits per heavy atom. The fourth-order valence-corrected chi connectivity index (χ4v) is 3.51. The molecule has 2 bridgehead atoms. The standard InChI is InChI=1S/C18H24O5/c1-10-15(21-9-13-5-7-14(20-4)8-6-13)12(3)18-22-16(10)11(2)17(19)23-18/h5-8,10-12,15-16,18H,9H2,1-4H3/t10-,11+,12+,15+,16+,18+/m1/s1. The summed E-state index contributed by atoms with van der Waals surface area (Å²) in [6.45, 7) is 6.48. The molecule has 0 spiro atoms. The monoisotopic (exact) mass is 320 g/mol. The molecule has 0 aromatic heterocycles. The first kappa shape index (κ1) is 16.3. The van der Waals surface area contributed by atoms with Crippen LogP contribution in [0.25, 0.3) is 0 Å². The van der Waals surface area contributed by atoms with E-state index in [1.807, 2.05) is 38.1 Å². The average molecular weight is 320 g/mol. The van der Waals surface area contributed by atoms with Crippen molar-refractivity contribution in [1.29, 1.82) is 0 Å². The zero-order chi connectivity index (χ0) is 16.6. The summed E-state index contributed by atoms with van der Waals surface area (Å²) < 4.78 is 22.6. The van der Waals surface area contributed by atoms with Crippen LogP contribution in [0.2, 0.25) is 0 Å². The Labute approximate surface area is 136 Å². The Hall–Kier alpha value is -1.59. The van der Waals surface area contributed by atoms with Gasteiger partial charge in [0.25, 0.3) is 0 Å². The number of ether oxygens (including phenoxy) is 4. The van der Waals surface area contributed by atoms with Crippen molar-refractivity contribution in [2.24, 2.45) is 17.8 Å². The van der Waals surface area contributed by atoms with Gasteiger partial charge in [-0.15, -0.1) is 0 Å². The molecule has 0 amide bonds. The van der Waals surface area contributed by atoms with Gasteiger partial charge in [0, 0.05) is 11.8 Å².